The number of hydrogen-bond donors (Lipinski definition) is 5. The highest BCUT2D eigenvalue weighted by Gasteiger charge is 2.26. The third-order valence-corrected chi connectivity index (χ3v) is 4.81. The number of hydrogen-bond acceptors (Lipinski definition) is 8. The van der Waals surface area contributed by atoms with Crippen LogP contribution in [0.5, 0.6) is 0 Å². The normalized spacial score (nSPS) is 11.2. The summed E-state index contributed by atoms with van der Waals surface area (Å²) >= 11 is 10.9. The number of nitrogens with one attached hydrogen (secondary N) is 4. The first-order valence-corrected chi connectivity index (χ1v) is 12.1. The fourth-order valence-corrected chi connectivity index (χ4v) is 2.83. The van der Waals surface area contributed by atoms with E-state index < -0.39 is 42.2 Å². The number of ether oxygens (including phenoxy) is 2. The Labute approximate surface area is 218 Å². The number of carboxylic acids is 1. The second kappa shape index (κ2) is 21.6. The zero-order valence-electron chi connectivity index (χ0n) is 19.8. The molecule has 1 unspecified atom stereocenters. The number of halogens is 2. The Bertz CT molecular complexity index is 693. The van der Waals surface area contributed by atoms with Gasteiger partial charge in [0.1, 0.15) is 24.4 Å². The molecule has 206 valence electrons. The summed E-state index contributed by atoms with van der Waals surface area (Å²) in [5, 5.41) is 18.9. The van der Waals surface area contributed by atoms with Crippen molar-refractivity contribution in [2.75, 3.05) is 70.9 Å². The van der Waals surface area contributed by atoms with Gasteiger partial charge in [0.25, 0.3) is 0 Å². The van der Waals surface area contributed by atoms with Crippen LogP contribution >= 0.6 is 23.2 Å². The number of carbonyl (C=O) groups is 6. The van der Waals surface area contributed by atoms with Gasteiger partial charge in [-0.2, -0.15) is 0 Å². The molecule has 1 atom stereocenters. The molecule has 0 rings (SSSR count). The molecule has 0 spiro atoms. The molecular formula is C20H33Cl2N5O9. The summed E-state index contributed by atoms with van der Waals surface area (Å²) in [5.41, 5.74) is 0. The minimum Gasteiger partial charge on any atom is -0.481 e. The monoisotopic (exact) mass is 557 g/mol. The van der Waals surface area contributed by atoms with E-state index in [1.807, 2.05) is 0 Å². The van der Waals surface area contributed by atoms with E-state index >= 15 is 0 Å². The van der Waals surface area contributed by atoms with Crippen molar-refractivity contribution in [2.24, 2.45) is 0 Å². The molecule has 0 aliphatic rings. The van der Waals surface area contributed by atoms with Crippen molar-refractivity contribution in [1.82, 2.24) is 26.2 Å². The lowest BCUT2D eigenvalue weighted by Gasteiger charge is -2.28. The fraction of sp³-hybridized carbons (Fsp3) is 0.700. The van der Waals surface area contributed by atoms with Gasteiger partial charge < -0.3 is 40.7 Å². The summed E-state index contributed by atoms with van der Waals surface area (Å²) in [5.74, 6) is -3.83. The minimum absolute atomic E-state index is 0.0183. The second-order valence-electron chi connectivity index (χ2n) is 7.08. The highest BCUT2D eigenvalue weighted by Crippen LogP contribution is 2.04. The van der Waals surface area contributed by atoms with Crippen LogP contribution in [0.15, 0.2) is 0 Å². The smallest absolute Gasteiger partial charge is 0.303 e. The molecule has 0 saturated heterocycles. The van der Waals surface area contributed by atoms with Crippen molar-refractivity contribution in [3.63, 3.8) is 0 Å². The number of rotatable bonds is 22. The highest BCUT2D eigenvalue weighted by atomic mass is 35.5. The van der Waals surface area contributed by atoms with Gasteiger partial charge in [-0.25, -0.2) is 0 Å². The molecular weight excluding hydrogens is 525 g/mol. The second-order valence-corrected chi connectivity index (χ2v) is 7.62. The van der Waals surface area contributed by atoms with Crippen molar-refractivity contribution >= 4 is 59.2 Å². The molecule has 16 heteroatoms. The molecule has 0 heterocycles. The van der Waals surface area contributed by atoms with Crippen LogP contribution in [0, 0.1) is 0 Å². The number of aliphatic carboxylic acids is 1. The van der Waals surface area contributed by atoms with E-state index in [9.17, 15) is 28.8 Å². The maximum atomic E-state index is 13.1. The number of carbonyl (C=O) groups excluding carboxylic acids is 5. The van der Waals surface area contributed by atoms with E-state index in [4.69, 9.17) is 37.8 Å². The molecule has 0 radical (unpaired) electrons. The first-order valence-electron chi connectivity index (χ1n) is 11.0. The van der Waals surface area contributed by atoms with Gasteiger partial charge in [0.15, 0.2) is 0 Å². The average Bonchev–Trinajstić information content (AvgIpc) is 2.86. The van der Waals surface area contributed by atoms with Crippen LogP contribution in [0.3, 0.4) is 0 Å². The summed E-state index contributed by atoms with van der Waals surface area (Å²) in [7, 11) is 0. The van der Waals surface area contributed by atoms with Crippen LogP contribution in [0.25, 0.3) is 0 Å². The van der Waals surface area contributed by atoms with Gasteiger partial charge in [0.2, 0.25) is 30.0 Å². The Kier molecular flexibility index (Phi) is 20.0. The molecule has 14 nitrogen and oxygen atoms in total. The molecule has 0 fully saturated rings. The quantitative estimate of drug-likeness (QED) is 0.0550. The predicted octanol–water partition coefficient (Wildman–Crippen LogP) is -2.35. The van der Waals surface area contributed by atoms with Crippen molar-refractivity contribution in [2.45, 2.75) is 18.9 Å². The fourth-order valence-electron chi connectivity index (χ4n) is 2.64. The number of carboxylic acid groups (broad SMARTS) is 1. The van der Waals surface area contributed by atoms with Crippen LogP contribution in [0.1, 0.15) is 12.8 Å². The van der Waals surface area contributed by atoms with Gasteiger partial charge in [-0.05, 0) is 6.42 Å². The van der Waals surface area contributed by atoms with Crippen molar-refractivity contribution < 1.29 is 43.3 Å². The van der Waals surface area contributed by atoms with E-state index in [0.717, 1.165) is 0 Å². The van der Waals surface area contributed by atoms with Gasteiger partial charge >= 0.3 is 5.97 Å². The highest BCUT2D eigenvalue weighted by molar-refractivity contribution is 6.27. The Hall–Kier alpha value is -2.68. The first kappa shape index (κ1) is 33.3. The van der Waals surface area contributed by atoms with Gasteiger partial charge in [-0.3, -0.25) is 28.8 Å². The molecule has 0 aromatic heterocycles. The number of amides is 5. The third kappa shape index (κ3) is 17.7. The molecule has 5 amide bonds. The molecule has 0 aliphatic heterocycles. The van der Waals surface area contributed by atoms with E-state index in [-0.39, 0.29) is 70.6 Å². The molecule has 0 saturated carbocycles. The lowest BCUT2D eigenvalue weighted by atomic mass is 10.1. The molecule has 0 bridgehead atoms. The van der Waals surface area contributed by atoms with Crippen molar-refractivity contribution in [1.29, 1.82) is 0 Å². The minimum atomic E-state index is -1.18. The molecule has 36 heavy (non-hydrogen) atoms. The number of alkyl halides is 2. The van der Waals surface area contributed by atoms with Crippen LogP contribution in [-0.2, 0) is 38.2 Å². The third-order valence-electron chi connectivity index (χ3n) is 4.32. The zero-order valence-corrected chi connectivity index (χ0v) is 21.3. The van der Waals surface area contributed by atoms with E-state index in [1.54, 1.807) is 0 Å². The van der Waals surface area contributed by atoms with E-state index in [0.29, 0.717) is 13.0 Å². The lowest BCUT2D eigenvalue weighted by Crippen LogP contribution is -2.52. The first-order chi connectivity index (χ1) is 17.2. The number of nitrogens with zero attached hydrogens (tertiary/aromatic N) is 1. The van der Waals surface area contributed by atoms with Gasteiger partial charge in [0.05, 0.1) is 19.8 Å². The van der Waals surface area contributed by atoms with Crippen LogP contribution in [0.2, 0.25) is 0 Å². The standard InChI is InChI=1S/C20H33Cl2N5O9/c21-11-16(29)24-3-6-27(7-4-25-17(30)12-22)20(34)15(1-2-19(32)33)26-18(31)13-36-10-9-35-8-5-23-14-28/h14-15H,1-13H2,(H,23,28)(H,24,29)(H,25,30)(H,26,31)(H,32,33). The van der Waals surface area contributed by atoms with Gasteiger partial charge in [-0.15, -0.1) is 23.2 Å². The van der Waals surface area contributed by atoms with Gasteiger partial charge in [0, 0.05) is 39.1 Å². The Morgan fingerprint density at radius 3 is 1.97 bits per heavy atom. The maximum Gasteiger partial charge on any atom is 0.303 e. The van der Waals surface area contributed by atoms with Crippen LogP contribution in [0.4, 0.5) is 0 Å². The van der Waals surface area contributed by atoms with Crippen LogP contribution in [-0.4, -0.2) is 123 Å². The molecule has 0 aromatic carbocycles. The topological polar surface area (TPSA) is 192 Å². The molecule has 0 aliphatic carbocycles. The Balaban J connectivity index is 4.97. The maximum absolute atomic E-state index is 13.1. The Morgan fingerprint density at radius 1 is 0.861 bits per heavy atom. The van der Waals surface area contributed by atoms with Crippen LogP contribution < -0.4 is 21.3 Å². The van der Waals surface area contributed by atoms with Crippen molar-refractivity contribution in [3.05, 3.63) is 0 Å². The average molecular weight is 558 g/mol. The molecule has 0 aromatic rings. The zero-order chi connectivity index (χ0) is 27.2. The summed E-state index contributed by atoms with van der Waals surface area (Å²) in [6, 6.07) is -1.18. The SMILES string of the molecule is O=CNCCOCCOCC(=O)NC(CCC(=O)O)C(=O)N(CCNC(=O)CCl)CCNC(=O)CCl. The van der Waals surface area contributed by atoms with E-state index in [1.165, 1.54) is 4.90 Å². The predicted molar refractivity (Wildman–Crippen MR) is 129 cm³/mol. The molecule has 5 N–H and O–H groups in total. The summed E-state index contributed by atoms with van der Waals surface area (Å²) in [6.07, 6.45) is -0.0371. The lowest BCUT2D eigenvalue weighted by molar-refractivity contribution is -0.140. The largest absolute Gasteiger partial charge is 0.481 e. The van der Waals surface area contributed by atoms with Crippen molar-refractivity contribution in [3.8, 4) is 0 Å². The summed E-state index contributed by atoms with van der Waals surface area (Å²) in [4.78, 5) is 70.7. The van der Waals surface area contributed by atoms with Gasteiger partial charge in [-0.1, -0.05) is 0 Å². The summed E-state index contributed by atoms with van der Waals surface area (Å²) in [6.45, 7) is 0.586. The summed E-state index contributed by atoms with van der Waals surface area (Å²) < 4.78 is 10.4. The Morgan fingerprint density at radius 2 is 1.44 bits per heavy atom. The van der Waals surface area contributed by atoms with E-state index in [2.05, 4.69) is 21.3 Å².